The van der Waals surface area contributed by atoms with Crippen LogP contribution in [0.1, 0.15) is 31.0 Å². The molecule has 2 aromatic carbocycles. The number of hydrogen-bond acceptors (Lipinski definition) is 2. The van der Waals surface area contributed by atoms with E-state index in [1.165, 1.54) is 0 Å². The third kappa shape index (κ3) is 3.75. The Balaban J connectivity index is 2.30. The second-order valence-electron chi connectivity index (χ2n) is 4.88. The Labute approximate surface area is 133 Å². The minimum absolute atomic E-state index is 0.142. The van der Waals surface area contributed by atoms with Gasteiger partial charge in [-0.25, -0.2) is 0 Å². The Bertz CT molecular complexity index is 601. The maximum Gasteiger partial charge on any atom is 0.120 e. The zero-order valence-corrected chi connectivity index (χ0v) is 13.8. The topological polar surface area (TPSA) is 35.2 Å². The highest BCUT2D eigenvalue weighted by Crippen LogP contribution is 2.30. The van der Waals surface area contributed by atoms with E-state index < -0.39 is 0 Å². The van der Waals surface area contributed by atoms with Crippen molar-refractivity contribution in [1.82, 2.24) is 0 Å². The summed E-state index contributed by atoms with van der Waals surface area (Å²) in [6, 6.07) is 13.3. The lowest BCUT2D eigenvalue weighted by atomic mass is 9.99. The van der Waals surface area contributed by atoms with E-state index in [2.05, 4.69) is 15.9 Å². The molecule has 0 heterocycles. The largest absolute Gasteiger partial charge is 0.491 e. The van der Waals surface area contributed by atoms with Gasteiger partial charge in [0.25, 0.3) is 0 Å². The molecule has 0 fully saturated rings. The summed E-state index contributed by atoms with van der Waals surface area (Å²) in [5.74, 6) is 0.832. The van der Waals surface area contributed by atoms with Crippen LogP contribution in [-0.2, 0) is 0 Å². The van der Waals surface area contributed by atoms with Crippen LogP contribution in [0.25, 0.3) is 0 Å². The summed E-state index contributed by atoms with van der Waals surface area (Å²) in [5.41, 5.74) is 8.34. The molecule has 106 valence electrons. The third-order valence-electron chi connectivity index (χ3n) is 2.89. The van der Waals surface area contributed by atoms with Crippen LogP contribution in [0, 0.1) is 0 Å². The molecule has 0 aliphatic carbocycles. The molecule has 0 aliphatic heterocycles. The van der Waals surface area contributed by atoms with Gasteiger partial charge in [0.05, 0.1) is 12.1 Å². The number of rotatable bonds is 4. The minimum Gasteiger partial charge on any atom is -0.491 e. The van der Waals surface area contributed by atoms with Crippen LogP contribution >= 0.6 is 27.5 Å². The van der Waals surface area contributed by atoms with Crippen LogP contribution in [0.5, 0.6) is 5.75 Å². The lowest BCUT2D eigenvalue weighted by Gasteiger charge is -2.17. The maximum absolute atomic E-state index is 6.34. The van der Waals surface area contributed by atoms with Gasteiger partial charge in [0.2, 0.25) is 0 Å². The molecule has 0 radical (unpaired) electrons. The number of nitrogens with two attached hydrogens (primary N) is 1. The summed E-state index contributed by atoms with van der Waals surface area (Å²) in [5, 5.41) is 0.685. The Morgan fingerprint density at radius 2 is 1.90 bits per heavy atom. The fourth-order valence-electron chi connectivity index (χ4n) is 1.99. The third-order valence-corrected chi connectivity index (χ3v) is 3.81. The van der Waals surface area contributed by atoms with Crippen molar-refractivity contribution in [3.63, 3.8) is 0 Å². The molecule has 2 N–H and O–H groups in total. The molecule has 1 unspecified atom stereocenters. The zero-order chi connectivity index (χ0) is 14.7. The molecule has 0 aliphatic rings. The quantitative estimate of drug-likeness (QED) is 0.844. The second kappa shape index (κ2) is 6.61. The maximum atomic E-state index is 6.34. The number of halogens is 2. The molecule has 2 nitrogen and oxygen atoms in total. The van der Waals surface area contributed by atoms with E-state index in [1.54, 1.807) is 0 Å². The van der Waals surface area contributed by atoms with E-state index in [1.807, 2.05) is 56.3 Å². The van der Waals surface area contributed by atoms with Crippen LogP contribution in [0.4, 0.5) is 0 Å². The molecular weight excluding hydrogens is 338 g/mol. The lowest BCUT2D eigenvalue weighted by molar-refractivity contribution is 0.242. The smallest absolute Gasteiger partial charge is 0.120 e. The predicted molar refractivity (Wildman–Crippen MR) is 87.4 cm³/mol. The van der Waals surface area contributed by atoms with Gasteiger partial charge in [-0.1, -0.05) is 45.7 Å². The molecule has 2 aromatic rings. The summed E-state index contributed by atoms with van der Waals surface area (Å²) < 4.78 is 6.61. The Morgan fingerprint density at radius 3 is 2.55 bits per heavy atom. The van der Waals surface area contributed by atoms with Crippen molar-refractivity contribution in [3.05, 3.63) is 63.1 Å². The summed E-state index contributed by atoms with van der Waals surface area (Å²) in [6.07, 6.45) is 0.142. The first kappa shape index (κ1) is 15.4. The van der Waals surface area contributed by atoms with Crippen molar-refractivity contribution in [2.24, 2.45) is 5.73 Å². The zero-order valence-electron chi connectivity index (χ0n) is 11.4. The molecule has 1 atom stereocenters. The van der Waals surface area contributed by atoms with Gasteiger partial charge in [-0.3, -0.25) is 0 Å². The molecule has 0 bridgehead atoms. The van der Waals surface area contributed by atoms with Gasteiger partial charge in [-0.15, -0.1) is 0 Å². The van der Waals surface area contributed by atoms with Crippen LogP contribution in [0.2, 0.25) is 5.02 Å². The van der Waals surface area contributed by atoms with Crippen molar-refractivity contribution in [1.29, 1.82) is 0 Å². The van der Waals surface area contributed by atoms with Gasteiger partial charge in [0, 0.05) is 9.50 Å². The number of ether oxygens (including phenoxy) is 1. The Hall–Kier alpha value is -1.03. The van der Waals surface area contributed by atoms with E-state index >= 15 is 0 Å². The van der Waals surface area contributed by atoms with Crippen molar-refractivity contribution in [2.45, 2.75) is 26.0 Å². The van der Waals surface area contributed by atoms with Gasteiger partial charge < -0.3 is 10.5 Å². The second-order valence-corrected chi connectivity index (χ2v) is 6.17. The molecule has 4 heteroatoms. The highest BCUT2D eigenvalue weighted by Gasteiger charge is 2.13. The van der Waals surface area contributed by atoms with Crippen LogP contribution < -0.4 is 10.5 Å². The average Bonchev–Trinajstić information content (AvgIpc) is 2.37. The van der Waals surface area contributed by atoms with Gasteiger partial charge >= 0.3 is 0 Å². The van der Waals surface area contributed by atoms with Crippen LogP contribution in [0.3, 0.4) is 0 Å². The number of benzene rings is 2. The van der Waals surface area contributed by atoms with Gasteiger partial charge in [-0.2, -0.15) is 0 Å². The molecule has 0 spiro atoms. The van der Waals surface area contributed by atoms with Gasteiger partial charge in [0.1, 0.15) is 5.75 Å². The van der Waals surface area contributed by atoms with E-state index in [9.17, 15) is 0 Å². The normalized spacial score (nSPS) is 12.5. The summed E-state index contributed by atoms with van der Waals surface area (Å²) >= 11 is 9.47. The molecule has 0 amide bonds. The molecular formula is C16H17BrClNO. The average molecular weight is 355 g/mol. The van der Waals surface area contributed by atoms with Crippen LogP contribution in [-0.4, -0.2) is 6.10 Å². The first-order valence-corrected chi connectivity index (χ1v) is 7.61. The molecule has 0 saturated heterocycles. The molecule has 0 aromatic heterocycles. The monoisotopic (exact) mass is 353 g/mol. The van der Waals surface area contributed by atoms with E-state index in [0.717, 1.165) is 21.3 Å². The van der Waals surface area contributed by atoms with Crippen molar-refractivity contribution >= 4 is 27.5 Å². The van der Waals surface area contributed by atoms with Crippen molar-refractivity contribution in [2.75, 3.05) is 0 Å². The van der Waals surface area contributed by atoms with Gasteiger partial charge in [-0.05, 0) is 49.2 Å². The molecule has 0 saturated carbocycles. The molecule has 20 heavy (non-hydrogen) atoms. The van der Waals surface area contributed by atoms with Gasteiger partial charge in [0.15, 0.2) is 0 Å². The van der Waals surface area contributed by atoms with Crippen LogP contribution in [0.15, 0.2) is 46.9 Å². The fraction of sp³-hybridized carbons (Fsp3) is 0.250. The Kier molecular flexibility index (Phi) is 5.08. The van der Waals surface area contributed by atoms with E-state index in [-0.39, 0.29) is 12.1 Å². The standard InChI is InChI=1S/C16H17BrClNO/c1-10(2)20-13-5-3-4-11(8-13)16(19)14-7-6-12(18)9-15(14)17/h3-10,16H,19H2,1-2H3. The fourth-order valence-corrected chi connectivity index (χ4v) is 2.92. The highest BCUT2D eigenvalue weighted by molar-refractivity contribution is 9.10. The SMILES string of the molecule is CC(C)Oc1cccc(C(N)c2ccc(Cl)cc2Br)c1. The van der Waals surface area contributed by atoms with E-state index in [4.69, 9.17) is 22.1 Å². The van der Waals surface area contributed by atoms with E-state index in [0.29, 0.717) is 5.02 Å². The first-order valence-electron chi connectivity index (χ1n) is 6.44. The lowest BCUT2D eigenvalue weighted by Crippen LogP contribution is -2.13. The van der Waals surface area contributed by atoms with Crippen molar-refractivity contribution in [3.8, 4) is 5.75 Å². The predicted octanol–water partition coefficient (Wildman–Crippen LogP) is 4.94. The van der Waals surface area contributed by atoms with Crippen molar-refractivity contribution < 1.29 is 4.74 Å². The summed E-state index contributed by atoms with van der Waals surface area (Å²) in [4.78, 5) is 0. The minimum atomic E-state index is -0.225. The summed E-state index contributed by atoms with van der Waals surface area (Å²) in [7, 11) is 0. The summed E-state index contributed by atoms with van der Waals surface area (Å²) in [6.45, 7) is 4.00. The first-order chi connectivity index (χ1) is 9.47. The number of hydrogen-bond donors (Lipinski definition) is 1. The highest BCUT2D eigenvalue weighted by atomic mass is 79.9. The Morgan fingerprint density at radius 1 is 1.15 bits per heavy atom. The molecule has 2 rings (SSSR count).